The lowest BCUT2D eigenvalue weighted by atomic mass is 10.2. The van der Waals surface area contributed by atoms with Gasteiger partial charge in [-0.05, 0) is 48.0 Å². The van der Waals surface area contributed by atoms with E-state index in [2.05, 4.69) is 5.32 Å². The van der Waals surface area contributed by atoms with Gasteiger partial charge in [-0.1, -0.05) is 42.5 Å². The highest BCUT2D eigenvalue weighted by Gasteiger charge is 2.34. The van der Waals surface area contributed by atoms with Crippen molar-refractivity contribution < 1.29 is 14.4 Å². The maximum absolute atomic E-state index is 12.4. The van der Waals surface area contributed by atoms with Crippen molar-refractivity contribution in [1.82, 2.24) is 4.90 Å². The topological polar surface area (TPSA) is 66.5 Å². The van der Waals surface area contributed by atoms with Crippen molar-refractivity contribution in [1.29, 1.82) is 0 Å². The molecule has 0 spiro atoms. The Bertz CT molecular complexity index is 878. The summed E-state index contributed by atoms with van der Waals surface area (Å²) in [6.07, 6.45) is 1.75. The number of hydrogen-bond acceptors (Lipinski definition) is 4. The van der Waals surface area contributed by atoms with Crippen molar-refractivity contribution in [3.8, 4) is 0 Å². The molecule has 0 atom stereocenters. The van der Waals surface area contributed by atoms with Crippen LogP contribution in [0.5, 0.6) is 0 Å². The Kier molecular flexibility index (Phi) is 5.53. The van der Waals surface area contributed by atoms with Gasteiger partial charge in [-0.25, -0.2) is 0 Å². The molecule has 0 saturated carbocycles. The zero-order valence-corrected chi connectivity index (χ0v) is 15.1. The van der Waals surface area contributed by atoms with E-state index >= 15 is 0 Å². The molecule has 1 saturated heterocycles. The molecule has 0 aromatic heterocycles. The Balaban J connectivity index is 1.59. The number of anilines is 1. The SMILES string of the molecule is Cc1cccc(NC(=O)CCN2C(=O)S/C(=C/c3ccccc3)C2=O)c1. The first-order chi connectivity index (χ1) is 12.5. The summed E-state index contributed by atoms with van der Waals surface area (Å²) in [6, 6.07) is 16.8. The van der Waals surface area contributed by atoms with Crippen molar-refractivity contribution >= 4 is 40.6 Å². The van der Waals surface area contributed by atoms with Crippen LogP contribution in [0.2, 0.25) is 0 Å². The number of carbonyl (C=O) groups is 3. The van der Waals surface area contributed by atoms with Crippen LogP contribution >= 0.6 is 11.8 Å². The Morgan fingerprint density at radius 1 is 1.12 bits per heavy atom. The summed E-state index contributed by atoms with van der Waals surface area (Å²) in [5.41, 5.74) is 2.60. The Labute approximate surface area is 156 Å². The fourth-order valence-corrected chi connectivity index (χ4v) is 3.42. The van der Waals surface area contributed by atoms with Crippen molar-refractivity contribution in [2.45, 2.75) is 13.3 Å². The van der Waals surface area contributed by atoms with Gasteiger partial charge < -0.3 is 5.32 Å². The van der Waals surface area contributed by atoms with Crippen LogP contribution < -0.4 is 5.32 Å². The Morgan fingerprint density at radius 3 is 2.62 bits per heavy atom. The molecule has 0 unspecified atom stereocenters. The van der Waals surface area contributed by atoms with E-state index in [1.165, 1.54) is 0 Å². The zero-order chi connectivity index (χ0) is 18.5. The van der Waals surface area contributed by atoms with Gasteiger partial charge in [0, 0.05) is 18.7 Å². The Morgan fingerprint density at radius 2 is 1.88 bits per heavy atom. The van der Waals surface area contributed by atoms with Gasteiger partial charge in [0.15, 0.2) is 0 Å². The second-order valence-electron chi connectivity index (χ2n) is 5.91. The summed E-state index contributed by atoms with van der Waals surface area (Å²) >= 11 is 0.901. The van der Waals surface area contributed by atoms with Gasteiger partial charge in [-0.3, -0.25) is 19.3 Å². The van der Waals surface area contributed by atoms with Crippen LogP contribution in [0.4, 0.5) is 10.5 Å². The van der Waals surface area contributed by atoms with Crippen molar-refractivity contribution in [2.24, 2.45) is 0 Å². The highest BCUT2D eigenvalue weighted by Crippen LogP contribution is 2.32. The minimum Gasteiger partial charge on any atom is -0.326 e. The van der Waals surface area contributed by atoms with E-state index < -0.39 is 0 Å². The minimum atomic E-state index is -0.354. The molecule has 6 heteroatoms. The van der Waals surface area contributed by atoms with Gasteiger partial charge in [0.1, 0.15) is 0 Å². The molecular formula is C20H18N2O3S. The van der Waals surface area contributed by atoms with E-state index in [4.69, 9.17) is 0 Å². The average Bonchev–Trinajstić information content (AvgIpc) is 2.87. The van der Waals surface area contributed by atoms with Crippen molar-refractivity contribution in [3.05, 3.63) is 70.6 Å². The monoisotopic (exact) mass is 366 g/mol. The summed E-state index contributed by atoms with van der Waals surface area (Å²) in [5, 5.41) is 2.43. The smallest absolute Gasteiger partial charge is 0.293 e. The number of amides is 3. The maximum atomic E-state index is 12.4. The number of aryl methyl sites for hydroxylation is 1. The molecule has 26 heavy (non-hydrogen) atoms. The molecule has 1 aliphatic heterocycles. The third-order valence-corrected chi connectivity index (χ3v) is 4.74. The number of carbonyl (C=O) groups excluding carboxylic acids is 3. The van der Waals surface area contributed by atoms with Crippen LogP contribution in [0.1, 0.15) is 17.5 Å². The molecule has 3 rings (SSSR count). The number of thioether (sulfide) groups is 1. The lowest BCUT2D eigenvalue weighted by Crippen LogP contribution is -2.31. The van der Waals surface area contributed by atoms with Gasteiger partial charge in [0.05, 0.1) is 4.91 Å². The van der Waals surface area contributed by atoms with Gasteiger partial charge in [0.2, 0.25) is 5.91 Å². The third kappa shape index (κ3) is 4.40. The molecular weight excluding hydrogens is 348 g/mol. The first-order valence-electron chi connectivity index (χ1n) is 8.20. The quantitative estimate of drug-likeness (QED) is 0.811. The summed E-state index contributed by atoms with van der Waals surface area (Å²) < 4.78 is 0. The van der Waals surface area contributed by atoms with E-state index in [-0.39, 0.29) is 30.0 Å². The molecule has 1 fully saturated rings. The number of benzene rings is 2. The van der Waals surface area contributed by atoms with Crippen molar-refractivity contribution in [2.75, 3.05) is 11.9 Å². The number of imide groups is 1. The van der Waals surface area contributed by atoms with Crippen LogP contribution in [-0.4, -0.2) is 28.5 Å². The number of rotatable bonds is 5. The third-order valence-electron chi connectivity index (χ3n) is 3.84. The Hall–Kier alpha value is -2.86. The predicted molar refractivity (Wildman–Crippen MR) is 104 cm³/mol. The molecule has 0 radical (unpaired) electrons. The molecule has 3 amide bonds. The van der Waals surface area contributed by atoms with Crippen LogP contribution in [0.3, 0.4) is 0 Å². The van der Waals surface area contributed by atoms with Crippen LogP contribution in [0.15, 0.2) is 59.5 Å². The lowest BCUT2D eigenvalue weighted by Gasteiger charge is -2.12. The largest absolute Gasteiger partial charge is 0.326 e. The van der Waals surface area contributed by atoms with E-state index in [9.17, 15) is 14.4 Å². The first-order valence-corrected chi connectivity index (χ1v) is 9.01. The van der Waals surface area contributed by atoms with E-state index in [0.29, 0.717) is 10.6 Å². The fraction of sp³-hybridized carbons (Fsp3) is 0.150. The highest BCUT2D eigenvalue weighted by molar-refractivity contribution is 8.18. The van der Waals surface area contributed by atoms with Crippen molar-refractivity contribution in [3.63, 3.8) is 0 Å². The highest BCUT2D eigenvalue weighted by atomic mass is 32.2. The standard InChI is InChI=1S/C20H18N2O3S/c1-14-6-5-9-16(12-14)21-18(23)10-11-22-19(24)17(26-20(22)25)13-15-7-3-2-4-8-15/h2-9,12-13H,10-11H2,1H3,(H,21,23)/b17-13+. The van der Waals surface area contributed by atoms with Gasteiger partial charge in [-0.2, -0.15) is 0 Å². The molecule has 0 aliphatic carbocycles. The molecule has 2 aromatic rings. The lowest BCUT2D eigenvalue weighted by molar-refractivity contribution is -0.123. The normalized spacial score (nSPS) is 15.6. The predicted octanol–water partition coefficient (Wildman–Crippen LogP) is 4.06. The van der Waals surface area contributed by atoms with E-state index in [1.807, 2.05) is 55.5 Å². The number of nitrogens with one attached hydrogen (secondary N) is 1. The van der Waals surface area contributed by atoms with Crippen LogP contribution in [-0.2, 0) is 9.59 Å². The summed E-state index contributed by atoms with van der Waals surface area (Å²) in [4.78, 5) is 38.1. The van der Waals surface area contributed by atoms with E-state index in [1.54, 1.807) is 12.1 Å². The molecule has 1 N–H and O–H groups in total. The van der Waals surface area contributed by atoms with Gasteiger partial charge in [-0.15, -0.1) is 0 Å². The second kappa shape index (κ2) is 8.01. The first kappa shape index (κ1) is 17.9. The number of nitrogens with zero attached hydrogens (tertiary/aromatic N) is 1. The molecule has 5 nitrogen and oxygen atoms in total. The molecule has 2 aromatic carbocycles. The average molecular weight is 366 g/mol. The summed E-state index contributed by atoms with van der Waals surface area (Å²) in [5.74, 6) is -0.589. The molecule has 0 bridgehead atoms. The fourth-order valence-electron chi connectivity index (χ4n) is 2.55. The van der Waals surface area contributed by atoms with E-state index in [0.717, 1.165) is 27.8 Å². The summed E-state index contributed by atoms with van der Waals surface area (Å²) in [7, 11) is 0. The molecule has 1 heterocycles. The maximum Gasteiger partial charge on any atom is 0.293 e. The second-order valence-corrected chi connectivity index (χ2v) is 6.90. The van der Waals surface area contributed by atoms with Crippen LogP contribution in [0, 0.1) is 6.92 Å². The van der Waals surface area contributed by atoms with Gasteiger partial charge >= 0.3 is 0 Å². The number of hydrogen-bond donors (Lipinski definition) is 1. The molecule has 132 valence electrons. The zero-order valence-electron chi connectivity index (χ0n) is 14.3. The van der Waals surface area contributed by atoms with Crippen LogP contribution in [0.25, 0.3) is 6.08 Å². The summed E-state index contributed by atoms with van der Waals surface area (Å²) in [6.45, 7) is 2.00. The van der Waals surface area contributed by atoms with Gasteiger partial charge in [0.25, 0.3) is 11.1 Å². The minimum absolute atomic E-state index is 0.0601. The molecule has 1 aliphatic rings.